The number of hydrogen-bond acceptors (Lipinski definition) is 3. The van der Waals surface area contributed by atoms with Crippen LogP contribution in [0.15, 0.2) is 12.1 Å². The van der Waals surface area contributed by atoms with Crippen LogP contribution >= 0.6 is 0 Å². The summed E-state index contributed by atoms with van der Waals surface area (Å²) in [7, 11) is 0. The lowest BCUT2D eigenvalue weighted by atomic mass is 10.0. The Morgan fingerprint density at radius 3 is 2.75 bits per heavy atom. The van der Waals surface area contributed by atoms with E-state index in [9.17, 15) is 4.39 Å². The van der Waals surface area contributed by atoms with Crippen molar-refractivity contribution < 1.29 is 13.9 Å². The van der Waals surface area contributed by atoms with Crippen molar-refractivity contribution in [2.45, 2.75) is 18.9 Å². The second kappa shape index (κ2) is 3.94. The van der Waals surface area contributed by atoms with Crippen LogP contribution in [-0.4, -0.2) is 19.8 Å². The number of ether oxygens (including phenoxy) is 2. The van der Waals surface area contributed by atoms with Crippen molar-refractivity contribution in [3.05, 3.63) is 23.5 Å². The van der Waals surface area contributed by atoms with Crippen LogP contribution in [0.25, 0.3) is 0 Å². The van der Waals surface area contributed by atoms with Crippen molar-refractivity contribution in [3.63, 3.8) is 0 Å². The maximum absolute atomic E-state index is 13.5. The molecule has 0 spiro atoms. The van der Waals surface area contributed by atoms with Gasteiger partial charge in [-0.3, -0.25) is 0 Å². The summed E-state index contributed by atoms with van der Waals surface area (Å²) in [6.45, 7) is 1.93. The topological polar surface area (TPSA) is 30.5 Å². The zero-order valence-electron chi connectivity index (χ0n) is 8.96. The Balaban J connectivity index is 2.04. The number of rotatable bonds is 1. The SMILES string of the molecule is Fc1ccc(C2CCCN2)c2c1OCCO2. The van der Waals surface area contributed by atoms with Gasteiger partial charge in [0.05, 0.1) is 0 Å². The van der Waals surface area contributed by atoms with Gasteiger partial charge in [0.25, 0.3) is 0 Å². The summed E-state index contributed by atoms with van der Waals surface area (Å²) < 4.78 is 24.4. The molecule has 0 radical (unpaired) electrons. The maximum Gasteiger partial charge on any atom is 0.197 e. The van der Waals surface area contributed by atoms with Gasteiger partial charge in [0.15, 0.2) is 17.3 Å². The van der Waals surface area contributed by atoms with Gasteiger partial charge in [0, 0.05) is 11.6 Å². The van der Waals surface area contributed by atoms with Gasteiger partial charge in [-0.2, -0.15) is 0 Å². The van der Waals surface area contributed by atoms with Crippen molar-refractivity contribution >= 4 is 0 Å². The highest BCUT2D eigenvalue weighted by Crippen LogP contribution is 2.41. The number of nitrogens with one attached hydrogen (secondary N) is 1. The van der Waals surface area contributed by atoms with E-state index in [1.807, 2.05) is 0 Å². The van der Waals surface area contributed by atoms with E-state index < -0.39 is 0 Å². The summed E-state index contributed by atoms with van der Waals surface area (Å²) in [5.74, 6) is 0.527. The third-order valence-electron chi connectivity index (χ3n) is 3.11. The van der Waals surface area contributed by atoms with Crippen LogP contribution in [0.3, 0.4) is 0 Å². The minimum atomic E-state index is -0.337. The van der Waals surface area contributed by atoms with Crippen LogP contribution in [0.1, 0.15) is 24.4 Å². The van der Waals surface area contributed by atoms with Crippen molar-refractivity contribution in [1.82, 2.24) is 5.32 Å². The molecule has 1 N–H and O–H groups in total. The van der Waals surface area contributed by atoms with E-state index in [1.165, 1.54) is 6.07 Å². The zero-order chi connectivity index (χ0) is 11.0. The van der Waals surface area contributed by atoms with Gasteiger partial charge in [-0.1, -0.05) is 6.07 Å². The number of halogens is 1. The molecular weight excluding hydrogens is 209 g/mol. The Hall–Kier alpha value is -1.29. The molecule has 1 unspecified atom stereocenters. The summed E-state index contributed by atoms with van der Waals surface area (Å²) in [5.41, 5.74) is 1.02. The van der Waals surface area contributed by atoms with Crippen LogP contribution in [0.5, 0.6) is 11.5 Å². The molecule has 0 saturated carbocycles. The van der Waals surface area contributed by atoms with E-state index in [0.717, 1.165) is 24.9 Å². The lowest BCUT2D eigenvalue weighted by molar-refractivity contribution is 0.161. The van der Waals surface area contributed by atoms with E-state index in [-0.39, 0.29) is 17.6 Å². The minimum absolute atomic E-state index is 0.274. The lowest BCUT2D eigenvalue weighted by Gasteiger charge is -2.23. The van der Waals surface area contributed by atoms with E-state index in [2.05, 4.69) is 5.32 Å². The molecule has 0 bridgehead atoms. The zero-order valence-corrected chi connectivity index (χ0v) is 8.96. The van der Waals surface area contributed by atoms with Crippen molar-refractivity contribution in [2.24, 2.45) is 0 Å². The summed E-state index contributed by atoms with van der Waals surface area (Å²) >= 11 is 0. The van der Waals surface area contributed by atoms with E-state index in [0.29, 0.717) is 19.0 Å². The fraction of sp³-hybridized carbons (Fsp3) is 0.500. The van der Waals surface area contributed by atoms with Crippen molar-refractivity contribution in [1.29, 1.82) is 0 Å². The summed E-state index contributed by atoms with van der Waals surface area (Å²) in [6.07, 6.45) is 2.22. The molecule has 1 fully saturated rings. The Morgan fingerprint density at radius 1 is 1.19 bits per heavy atom. The second-order valence-electron chi connectivity index (χ2n) is 4.14. The molecular formula is C12H14FNO2. The van der Waals surface area contributed by atoms with Gasteiger partial charge < -0.3 is 14.8 Å². The average molecular weight is 223 g/mol. The molecule has 0 aliphatic carbocycles. The van der Waals surface area contributed by atoms with Gasteiger partial charge in [0.1, 0.15) is 13.2 Å². The predicted octanol–water partition coefficient (Wildman–Crippen LogP) is 2.02. The molecule has 1 aromatic rings. The highest BCUT2D eigenvalue weighted by atomic mass is 19.1. The third kappa shape index (κ3) is 1.53. The number of fused-ring (bicyclic) bond motifs is 1. The fourth-order valence-electron chi connectivity index (χ4n) is 2.35. The summed E-state index contributed by atoms with van der Waals surface area (Å²) in [6, 6.07) is 3.53. The Bertz CT molecular complexity index is 402. The highest BCUT2D eigenvalue weighted by molar-refractivity contribution is 5.50. The first-order chi connectivity index (χ1) is 7.86. The Morgan fingerprint density at radius 2 is 2.00 bits per heavy atom. The van der Waals surface area contributed by atoms with Crippen LogP contribution < -0.4 is 14.8 Å². The van der Waals surface area contributed by atoms with Gasteiger partial charge in [-0.05, 0) is 25.5 Å². The van der Waals surface area contributed by atoms with Crippen LogP contribution in [0.2, 0.25) is 0 Å². The first kappa shape index (κ1) is 9.90. The normalized spacial score (nSPS) is 23.4. The highest BCUT2D eigenvalue weighted by Gasteiger charge is 2.26. The average Bonchev–Trinajstić information content (AvgIpc) is 2.83. The Kier molecular flexibility index (Phi) is 2.44. The summed E-state index contributed by atoms with van der Waals surface area (Å²) in [4.78, 5) is 0. The first-order valence-electron chi connectivity index (χ1n) is 5.67. The molecule has 0 aromatic heterocycles. The molecule has 1 saturated heterocycles. The molecule has 2 aliphatic rings. The summed E-state index contributed by atoms with van der Waals surface area (Å²) in [5, 5.41) is 3.38. The quantitative estimate of drug-likeness (QED) is 0.790. The van der Waals surface area contributed by atoms with Gasteiger partial charge in [-0.25, -0.2) is 4.39 Å². The third-order valence-corrected chi connectivity index (χ3v) is 3.11. The van der Waals surface area contributed by atoms with Crippen molar-refractivity contribution in [3.8, 4) is 11.5 Å². The largest absolute Gasteiger partial charge is 0.486 e. The smallest absolute Gasteiger partial charge is 0.197 e. The van der Waals surface area contributed by atoms with Gasteiger partial charge >= 0.3 is 0 Å². The molecule has 3 nitrogen and oxygen atoms in total. The van der Waals surface area contributed by atoms with E-state index >= 15 is 0 Å². The first-order valence-corrected chi connectivity index (χ1v) is 5.67. The van der Waals surface area contributed by atoms with E-state index in [4.69, 9.17) is 9.47 Å². The molecule has 2 aliphatic heterocycles. The predicted molar refractivity (Wildman–Crippen MR) is 57.4 cm³/mol. The number of benzene rings is 1. The van der Waals surface area contributed by atoms with Gasteiger partial charge in [0.2, 0.25) is 0 Å². The standard InChI is InChI=1S/C12H14FNO2/c13-9-4-3-8(10-2-1-5-14-10)11-12(9)16-7-6-15-11/h3-4,10,14H,1-2,5-7H2. The van der Waals surface area contributed by atoms with E-state index in [1.54, 1.807) is 6.07 Å². The second-order valence-corrected chi connectivity index (χ2v) is 4.14. The van der Waals surface area contributed by atoms with Crippen LogP contribution in [0.4, 0.5) is 4.39 Å². The molecule has 1 atom stereocenters. The molecule has 16 heavy (non-hydrogen) atoms. The minimum Gasteiger partial charge on any atom is -0.486 e. The molecule has 4 heteroatoms. The monoisotopic (exact) mass is 223 g/mol. The van der Waals surface area contributed by atoms with Gasteiger partial charge in [-0.15, -0.1) is 0 Å². The molecule has 0 amide bonds. The van der Waals surface area contributed by atoms with Crippen LogP contribution in [-0.2, 0) is 0 Å². The fourth-order valence-corrected chi connectivity index (χ4v) is 2.35. The van der Waals surface area contributed by atoms with Crippen molar-refractivity contribution in [2.75, 3.05) is 19.8 Å². The lowest BCUT2D eigenvalue weighted by Crippen LogP contribution is -2.20. The Labute approximate surface area is 93.6 Å². The maximum atomic E-state index is 13.5. The molecule has 3 rings (SSSR count). The molecule has 86 valence electrons. The number of hydrogen-bond donors (Lipinski definition) is 1. The molecule has 1 aromatic carbocycles. The van der Waals surface area contributed by atoms with Crippen LogP contribution in [0, 0.1) is 5.82 Å². The molecule has 2 heterocycles.